The summed E-state index contributed by atoms with van der Waals surface area (Å²) in [5.74, 6) is 0. The van der Waals surface area contributed by atoms with E-state index in [1.165, 1.54) is 65.6 Å². The molecule has 0 atom stereocenters. The van der Waals surface area contributed by atoms with Crippen molar-refractivity contribution in [3.63, 3.8) is 0 Å². The van der Waals surface area contributed by atoms with E-state index in [1.54, 1.807) is 0 Å². The highest BCUT2D eigenvalue weighted by Gasteiger charge is 2.16. The number of benzene rings is 9. The van der Waals surface area contributed by atoms with E-state index < -0.39 is 0 Å². The number of para-hydroxylation sites is 2. The zero-order chi connectivity index (χ0) is 34.4. The van der Waals surface area contributed by atoms with Gasteiger partial charge in [-0.2, -0.15) is 0 Å². The van der Waals surface area contributed by atoms with Gasteiger partial charge in [0.25, 0.3) is 0 Å². The van der Waals surface area contributed by atoms with Crippen LogP contribution in [0.1, 0.15) is 0 Å². The molecule has 0 aliphatic carbocycles. The predicted molar refractivity (Wildman–Crippen MR) is 221 cm³/mol. The molecule has 2 nitrogen and oxygen atoms in total. The van der Waals surface area contributed by atoms with Gasteiger partial charge in [0.05, 0.1) is 11.0 Å². The molecule has 0 unspecified atom stereocenters. The SMILES string of the molecule is c1ccc(N(c2ccc(-c3cccc(-n4c5ccccc5c5c6ccccc6ccc54)c3)cc2)c2ccc(-c3ccc4ccccc4c3)cc2)cc1. The minimum Gasteiger partial charge on any atom is -0.311 e. The van der Waals surface area contributed by atoms with Crippen molar-refractivity contribution in [1.82, 2.24) is 4.57 Å². The highest BCUT2D eigenvalue weighted by atomic mass is 15.1. The highest BCUT2D eigenvalue weighted by Crippen LogP contribution is 2.39. The van der Waals surface area contributed by atoms with Gasteiger partial charge < -0.3 is 9.47 Å². The first-order chi connectivity index (χ1) is 25.8. The summed E-state index contributed by atoms with van der Waals surface area (Å²) >= 11 is 0. The lowest BCUT2D eigenvalue weighted by Crippen LogP contribution is -2.09. The van der Waals surface area contributed by atoms with Gasteiger partial charge in [-0.25, -0.2) is 0 Å². The first kappa shape index (κ1) is 30.0. The van der Waals surface area contributed by atoms with Crippen LogP contribution in [0.2, 0.25) is 0 Å². The van der Waals surface area contributed by atoms with Crippen LogP contribution in [0.15, 0.2) is 206 Å². The van der Waals surface area contributed by atoms with Crippen LogP contribution in [0, 0.1) is 0 Å². The Hall–Kier alpha value is -6.90. The van der Waals surface area contributed by atoms with Crippen molar-refractivity contribution in [2.24, 2.45) is 0 Å². The normalized spacial score (nSPS) is 11.5. The fraction of sp³-hybridized carbons (Fsp3) is 0. The summed E-state index contributed by atoms with van der Waals surface area (Å²) in [4.78, 5) is 2.33. The third-order valence-corrected chi connectivity index (χ3v) is 10.3. The second-order valence-electron chi connectivity index (χ2n) is 13.4. The first-order valence-corrected chi connectivity index (χ1v) is 17.8. The molecular formula is C50H34N2. The van der Waals surface area contributed by atoms with Crippen LogP contribution >= 0.6 is 0 Å². The molecule has 0 N–H and O–H groups in total. The highest BCUT2D eigenvalue weighted by molar-refractivity contribution is 6.21. The van der Waals surface area contributed by atoms with Crippen molar-refractivity contribution in [1.29, 1.82) is 0 Å². The van der Waals surface area contributed by atoms with E-state index in [4.69, 9.17) is 0 Å². The maximum absolute atomic E-state index is 2.41. The lowest BCUT2D eigenvalue weighted by atomic mass is 10.0. The molecule has 10 aromatic rings. The van der Waals surface area contributed by atoms with Crippen molar-refractivity contribution >= 4 is 60.4 Å². The summed E-state index contributed by atoms with van der Waals surface area (Å²) in [6, 6.07) is 74.6. The fourth-order valence-electron chi connectivity index (χ4n) is 7.84. The lowest BCUT2D eigenvalue weighted by molar-refractivity contribution is 1.18. The summed E-state index contributed by atoms with van der Waals surface area (Å²) in [5, 5.41) is 7.63. The molecule has 0 amide bonds. The zero-order valence-corrected chi connectivity index (χ0v) is 28.5. The standard InChI is InChI=1S/C50H34N2/c1-2-15-42(16-3-1)51(44-30-25-37(26-31-44)41-22-21-35-11-4-5-13-39(35)33-41)43-28-23-36(24-29-43)40-14-10-17-45(34-40)52-48-20-9-8-19-47(48)50-46-18-7-6-12-38(46)27-32-49(50)52/h1-34H. The van der Waals surface area contributed by atoms with Gasteiger partial charge in [0.2, 0.25) is 0 Å². The second-order valence-corrected chi connectivity index (χ2v) is 13.4. The van der Waals surface area contributed by atoms with Crippen LogP contribution in [0.3, 0.4) is 0 Å². The molecule has 1 heterocycles. The Morgan fingerprint density at radius 1 is 0.308 bits per heavy atom. The largest absolute Gasteiger partial charge is 0.311 e. The molecule has 244 valence electrons. The van der Waals surface area contributed by atoms with E-state index in [-0.39, 0.29) is 0 Å². The molecule has 1 aromatic heterocycles. The van der Waals surface area contributed by atoms with Crippen LogP contribution < -0.4 is 4.90 Å². The van der Waals surface area contributed by atoms with Crippen molar-refractivity contribution in [2.45, 2.75) is 0 Å². The van der Waals surface area contributed by atoms with Gasteiger partial charge in [-0.3, -0.25) is 0 Å². The van der Waals surface area contributed by atoms with Gasteiger partial charge in [0, 0.05) is 33.5 Å². The van der Waals surface area contributed by atoms with Gasteiger partial charge in [-0.15, -0.1) is 0 Å². The Balaban J connectivity index is 1.01. The van der Waals surface area contributed by atoms with E-state index in [1.807, 2.05) is 0 Å². The summed E-state index contributed by atoms with van der Waals surface area (Å²) in [6.45, 7) is 0. The lowest BCUT2D eigenvalue weighted by Gasteiger charge is -2.26. The van der Waals surface area contributed by atoms with Crippen LogP contribution in [0.25, 0.3) is 71.3 Å². The van der Waals surface area contributed by atoms with Gasteiger partial charge in [-0.1, -0.05) is 140 Å². The molecular weight excluding hydrogens is 629 g/mol. The minimum absolute atomic E-state index is 1.11. The van der Waals surface area contributed by atoms with Crippen molar-refractivity contribution in [2.75, 3.05) is 4.90 Å². The monoisotopic (exact) mass is 662 g/mol. The summed E-state index contributed by atoms with van der Waals surface area (Å²) in [7, 11) is 0. The Labute approximate surface area is 303 Å². The van der Waals surface area contributed by atoms with Gasteiger partial charge in [0.15, 0.2) is 0 Å². The topological polar surface area (TPSA) is 8.17 Å². The Bertz CT molecular complexity index is 2880. The molecule has 52 heavy (non-hydrogen) atoms. The average molecular weight is 663 g/mol. The van der Waals surface area contributed by atoms with Gasteiger partial charge in [0.1, 0.15) is 0 Å². The quantitative estimate of drug-likeness (QED) is 0.172. The number of hydrogen-bond donors (Lipinski definition) is 0. The molecule has 2 heteroatoms. The summed E-state index contributed by atoms with van der Waals surface area (Å²) in [6.07, 6.45) is 0. The number of aromatic nitrogens is 1. The van der Waals surface area contributed by atoms with Gasteiger partial charge in [-0.05, 0) is 111 Å². The predicted octanol–water partition coefficient (Wildman–Crippen LogP) is 13.9. The maximum atomic E-state index is 2.41. The van der Waals surface area contributed by atoms with Crippen LogP contribution in [0.5, 0.6) is 0 Å². The second kappa shape index (κ2) is 12.5. The van der Waals surface area contributed by atoms with Crippen molar-refractivity contribution in [3.8, 4) is 27.9 Å². The molecule has 10 rings (SSSR count). The van der Waals surface area contributed by atoms with Crippen LogP contribution in [-0.2, 0) is 0 Å². The Kier molecular flexibility index (Phi) is 7.18. The number of nitrogens with zero attached hydrogens (tertiary/aromatic N) is 2. The fourth-order valence-corrected chi connectivity index (χ4v) is 7.84. The number of anilines is 3. The maximum Gasteiger partial charge on any atom is 0.0547 e. The smallest absolute Gasteiger partial charge is 0.0547 e. The van der Waals surface area contributed by atoms with E-state index in [0.717, 1.165) is 22.7 Å². The van der Waals surface area contributed by atoms with E-state index in [2.05, 4.69) is 216 Å². The Morgan fingerprint density at radius 2 is 0.865 bits per heavy atom. The number of fused-ring (bicyclic) bond motifs is 6. The zero-order valence-electron chi connectivity index (χ0n) is 28.5. The molecule has 0 bridgehead atoms. The average Bonchev–Trinajstić information content (AvgIpc) is 3.57. The van der Waals surface area contributed by atoms with E-state index >= 15 is 0 Å². The Morgan fingerprint density at radius 3 is 1.62 bits per heavy atom. The number of rotatable bonds is 6. The minimum atomic E-state index is 1.11. The molecule has 0 saturated heterocycles. The van der Waals surface area contributed by atoms with E-state index in [0.29, 0.717) is 0 Å². The molecule has 0 aliphatic rings. The first-order valence-electron chi connectivity index (χ1n) is 17.8. The molecule has 0 aliphatic heterocycles. The molecule has 0 radical (unpaired) electrons. The third kappa shape index (κ3) is 5.12. The molecule has 0 saturated carbocycles. The number of hydrogen-bond acceptors (Lipinski definition) is 1. The van der Waals surface area contributed by atoms with E-state index in [9.17, 15) is 0 Å². The van der Waals surface area contributed by atoms with Crippen molar-refractivity contribution in [3.05, 3.63) is 206 Å². The van der Waals surface area contributed by atoms with Crippen LogP contribution in [-0.4, -0.2) is 4.57 Å². The van der Waals surface area contributed by atoms with Gasteiger partial charge >= 0.3 is 0 Å². The van der Waals surface area contributed by atoms with Crippen LogP contribution in [0.4, 0.5) is 17.1 Å². The third-order valence-electron chi connectivity index (χ3n) is 10.3. The summed E-state index contributed by atoms with van der Waals surface area (Å²) in [5.41, 5.74) is 11.7. The molecule has 9 aromatic carbocycles. The summed E-state index contributed by atoms with van der Waals surface area (Å²) < 4.78 is 2.41. The molecule has 0 spiro atoms. The molecule has 0 fully saturated rings. The van der Waals surface area contributed by atoms with Crippen molar-refractivity contribution < 1.29 is 0 Å².